The Morgan fingerprint density at radius 2 is 1.64 bits per heavy atom. The Bertz CT molecular complexity index is 788. The van der Waals surface area contributed by atoms with Crippen molar-refractivity contribution in [1.29, 1.82) is 0 Å². The first-order valence-electron chi connectivity index (χ1n) is 8.19. The molecule has 1 saturated heterocycles. The number of ether oxygens (including phenoxy) is 3. The summed E-state index contributed by atoms with van der Waals surface area (Å²) in [6.45, 7) is 1.74. The summed E-state index contributed by atoms with van der Waals surface area (Å²) in [6, 6.07) is 2.68. The molecule has 1 atom stereocenters. The van der Waals surface area contributed by atoms with E-state index in [1.54, 1.807) is 6.92 Å². The summed E-state index contributed by atoms with van der Waals surface area (Å²) in [7, 11) is 2.31. The van der Waals surface area contributed by atoms with Gasteiger partial charge in [-0.05, 0) is 25.1 Å². The van der Waals surface area contributed by atoms with Gasteiger partial charge in [-0.1, -0.05) is 0 Å². The minimum absolute atomic E-state index is 0.00117. The Hall–Kier alpha value is -3.47. The highest BCUT2D eigenvalue weighted by Crippen LogP contribution is 2.26. The van der Waals surface area contributed by atoms with Gasteiger partial charge in [0.15, 0.2) is 0 Å². The van der Waals surface area contributed by atoms with Crippen molar-refractivity contribution in [1.82, 2.24) is 10.9 Å². The van der Waals surface area contributed by atoms with E-state index in [0.29, 0.717) is 0 Å². The number of amides is 3. The molecule has 1 aromatic rings. The summed E-state index contributed by atoms with van der Waals surface area (Å²) < 4.78 is 13.9. The standard InChI is InChI=1S/C17H19N3O8/c1-4-28-17(25)19-18-12-8-13(21)20(14(12)22)11-6-9(15(23)26-2)5-10(7-11)16(24)27-3/h5-7,12,18H,4,8H2,1-3H3,(H,19,25). The highest BCUT2D eigenvalue weighted by atomic mass is 16.6. The second-order valence-corrected chi connectivity index (χ2v) is 5.57. The molecule has 28 heavy (non-hydrogen) atoms. The molecule has 0 bridgehead atoms. The van der Waals surface area contributed by atoms with Crippen LogP contribution in [0.25, 0.3) is 0 Å². The molecule has 150 valence electrons. The van der Waals surface area contributed by atoms with Gasteiger partial charge in [0, 0.05) is 0 Å². The molecule has 1 aliphatic heterocycles. The average Bonchev–Trinajstić information content (AvgIpc) is 2.98. The normalized spacial score (nSPS) is 16.0. The smallest absolute Gasteiger partial charge is 0.421 e. The molecule has 1 aromatic carbocycles. The number of esters is 2. The first-order chi connectivity index (χ1) is 13.3. The van der Waals surface area contributed by atoms with E-state index in [9.17, 15) is 24.0 Å². The van der Waals surface area contributed by atoms with Crippen molar-refractivity contribution in [2.75, 3.05) is 25.7 Å². The van der Waals surface area contributed by atoms with Crippen LogP contribution in [0.1, 0.15) is 34.1 Å². The van der Waals surface area contributed by atoms with Gasteiger partial charge in [-0.2, -0.15) is 0 Å². The fourth-order valence-electron chi connectivity index (χ4n) is 2.54. The maximum atomic E-state index is 12.6. The summed E-state index contributed by atoms with van der Waals surface area (Å²) in [5.41, 5.74) is 4.51. The average molecular weight is 393 g/mol. The van der Waals surface area contributed by atoms with Gasteiger partial charge in [-0.3, -0.25) is 15.0 Å². The minimum Gasteiger partial charge on any atom is -0.465 e. The van der Waals surface area contributed by atoms with Gasteiger partial charge in [-0.15, -0.1) is 0 Å². The quantitative estimate of drug-likeness (QED) is 0.299. The third kappa shape index (κ3) is 4.43. The van der Waals surface area contributed by atoms with Crippen LogP contribution in [0.4, 0.5) is 10.5 Å². The summed E-state index contributed by atoms with van der Waals surface area (Å²) >= 11 is 0. The number of carbonyl (C=O) groups is 5. The molecule has 1 heterocycles. The molecule has 1 fully saturated rings. The minimum atomic E-state index is -1.04. The van der Waals surface area contributed by atoms with Crippen LogP contribution in [-0.2, 0) is 23.8 Å². The number of carbonyl (C=O) groups excluding carboxylic acids is 5. The molecule has 0 spiro atoms. The van der Waals surface area contributed by atoms with Crippen molar-refractivity contribution >= 4 is 35.5 Å². The number of methoxy groups -OCH3 is 2. The van der Waals surface area contributed by atoms with Crippen LogP contribution in [-0.4, -0.2) is 56.7 Å². The van der Waals surface area contributed by atoms with Crippen molar-refractivity contribution in [3.05, 3.63) is 29.3 Å². The predicted molar refractivity (Wildman–Crippen MR) is 93.3 cm³/mol. The number of nitrogens with one attached hydrogen (secondary N) is 2. The molecule has 2 rings (SSSR count). The van der Waals surface area contributed by atoms with E-state index in [1.165, 1.54) is 18.2 Å². The monoisotopic (exact) mass is 393 g/mol. The molecular weight excluding hydrogens is 374 g/mol. The molecular formula is C17H19N3O8. The molecule has 11 nitrogen and oxygen atoms in total. The third-order valence-electron chi connectivity index (χ3n) is 3.79. The largest absolute Gasteiger partial charge is 0.465 e. The van der Waals surface area contributed by atoms with Crippen LogP contribution in [0.15, 0.2) is 18.2 Å². The molecule has 0 aromatic heterocycles. The van der Waals surface area contributed by atoms with E-state index in [1.807, 2.05) is 0 Å². The fourth-order valence-corrected chi connectivity index (χ4v) is 2.54. The van der Waals surface area contributed by atoms with Crippen LogP contribution in [0.2, 0.25) is 0 Å². The summed E-state index contributed by atoms with van der Waals surface area (Å²) in [5, 5.41) is 0. The molecule has 0 saturated carbocycles. The van der Waals surface area contributed by atoms with Crippen molar-refractivity contribution in [3.63, 3.8) is 0 Å². The SMILES string of the molecule is CCOC(=O)NNC1CC(=O)N(c2cc(C(=O)OC)cc(C(=O)OC)c2)C1=O. The van der Waals surface area contributed by atoms with Gasteiger partial charge in [0.2, 0.25) is 5.91 Å². The zero-order chi connectivity index (χ0) is 20.8. The van der Waals surface area contributed by atoms with E-state index in [2.05, 4.69) is 25.1 Å². The number of rotatable bonds is 6. The molecule has 2 N–H and O–H groups in total. The van der Waals surface area contributed by atoms with Crippen molar-refractivity contribution in [2.45, 2.75) is 19.4 Å². The lowest BCUT2D eigenvalue weighted by molar-refractivity contribution is -0.121. The number of benzene rings is 1. The van der Waals surface area contributed by atoms with E-state index in [-0.39, 0.29) is 29.8 Å². The summed E-state index contributed by atoms with van der Waals surface area (Å²) in [4.78, 5) is 60.9. The maximum Gasteiger partial charge on any atom is 0.421 e. The number of anilines is 1. The maximum absolute atomic E-state index is 12.6. The van der Waals surface area contributed by atoms with Crippen LogP contribution < -0.4 is 15.8 Å². The second kappa shape index (κ2) is 8.95. The lowest BCUT2D eigenvalue weighted by Crippen LogP contribution is -2.48. The number of imide groups is 1. The van der Waals surface area contributed by atoms with E-state index in [0.717, 1.165) is 19.1 Å². The number of hydrogen-bond donors (Lipinski definition) is 2. The van der Waals surface area contributed by atoms with E-state index >= 15 is 0 Å². The highest BCUT2D eigenvalue weighted by Gasteiger charge is 2.40. The lowest BCUT2D eigenvalue weighted by Gasteiger charge is -2.17. The van der Waals surface area contributed by atoms with Crippen LogP contribution >= 0.6 is 0 Å². The Morgan fingerprint density at radius 3 is 2.14 bits per heavy atom. The van der Waals surface area contributed by atoms with E-state index in [4.69, 9.17) is 0 Å². The first kappa shape index (κ1) is 20.8. The number of hydrogen-bond acceptors (Lipinski definition) is 9. The Balaban J connectivity index is 2.31. The lowest BCUT2D eigenvalue weighted by atomic mass is 10.1. The predicted octanol–water partition coefficient (Wildman–Crippen LogP) is 0.142. The molecule has 11 heteroatoms. The second-order valence-electron chi connectivity index (χ2n) is 5.57. The van der Waals surface area contributed by atoms with Gasteiger partial charge >= 0.3 is 18.0 Å². The Labute approximate surface area is 159 Å². The molecule has 0 radical (unpaired) electrons. The molecule has 1 aliphatic rings. The molecule has 0 aliphatic carbocycles. The van der Waals surface area contributed by atoms with Crippen LogP contribution in [0, 0.1) is 0 Å². The van der Waals surface area contributed by atoms with Gasteiger partial charge in [-0.25, -0.2) is 24.7 Å². The number of nitrogens with zero attached hydrogens (tertiary/aromatic N) is 1. The van der Waals surface area contributed by atoms with E-state index < -0.39 is 35.9 Å². The third-order valence-corrected chi connectivity index (χ3v) is 3.79. The van der Waals surface area contributed by atoms with Gasteiger partial charge in [0.1, 0.15) is 6.04 Å². The van der Waals surface area contributed by atoms with Crippen LogP contribution in [0.5, 0.6) is 0 Å². The van der Waals surface area contributed by atoms with Crippen molar-refractivity contribution in [3.8, 4) is 0 Å². The van der Waals surface area contributed by atoms with Crippen LogP contribution in [0.3, 0.4) is 0 Å². The van der Waals surface area contributed by atoms with Crippen molar-refractivity contribution in [2.24, 2.45) is 0 Å². The van der Waals surface area contributed by atoms with Gasteiger partial charge in [0.05, 0.1) is 44.1 Å². The topological polar surface area (TPSA) is 140 Å². The zero-order valence-corrected chi connectivity index (χ0v) is 15.4. The zero-order valence-electron chi connectivity index (χ0n) is 15.4. The van der Waals surface area contributed by atoms with Crippen molar-refractivity contribution < 1.29 is 38.2 Å². The highest BCUT2D eigenvalue weighted by molar-refractivity contribution is 6.23. The van der Waals surface area contributed by atoms with Gasteiger partial charge in [0.25, 0.3) is 5.91 Å². The molecule has 3 amide bonds. The Morgan fingerprint density at radius 1 is 1.07 bits per heavy atom. The first-order valence-corrected chi connectivity index (χ1v) is 8.19. The molecule has 1 unspecified atom stereocenters. The summed E-state index contributed by atoms with van der Waals surface area (Å²) in [6.07, 6.45) is -1.05. The number of hydrazine groups is 1. The van der Waals surface area contributed by atoms with Gasteiger partial charge < -0.3 is 14.2 Å². The fraction of sp³-hybridized carbons (Fsp3) is 0.353. The Kier molecular flexibility index (Phi) is 6.66. The summed E-state index contributed by atoms with van der Waals surface area (Å²) in [5.74, 6) is -2.79.